The van der Waals surface area contributed by atoms with Crippen LogP contribution in [0.2, 0.25) is 0 Å². The van der Waals surface area contributed by atoms with Gasteiger partial charge < -0.3 is 20.1 Å². The molecule has 24 heavy (non-hydrogen) atoms. The van der Waals surface area contributed by atoms with Gasteiger partial charge >= 0.3 is 5.97 Å². The van der Waals surface area contributed by atoms with Gasteiger partial charge in [-0.1, -0.05) is 22.9 Å². The third kappa shape index (κ3) is 6.49. The molecule has 0 aromatic heterocycles. The lowest BCUT2D eigenvalue weighted by Gasteiger charge is -2.11. The number of aromatic hydroxyl groups is 1. The average Bonchev–Trinajstić information content (AvgIpc) is 2.55. The largest absolute Gasteiger partial charge is 0.508 e. The number of halogens is 1. The van der Waals surface area contributed by atoms with Crippen molar-refractivity contribution in [2.45, 2.75) is 45.3 Å². The van der Waals surface area contributed by atoms with E-state index in [0.29, 0.717) is 12.0 Å². The van der Waals surface area contributed by atoms with Crippen LogP contribution < -0.4 is 0 Å². The van der Waals surface area contributed by atoms with Gasteiger partial charge in [-0.3, -0.25) is 0 Å². The van der Waals surface area contributed by atoms with Gasteiger partial charge in [0.05, 0.1) is 12.7 Å². The van der Waals surface area contributed by atoms with Gasteiger partial charge in [-0.2, -0.15) is 0 Å². The highest BCUT2D eigenvalue weighted by molar-refractivity contribution is 9.10. The highest BCUT2D eigenvalue weighted by atomic mass is 79.9. The number of hydrogen-bond donors (Lipinski definition) is 3. The van der Waals surface area contributed by atoms with Crippen LogP contribution in [0.3, 0.4) is 0 Å². The summed E-state index contributed by atoms with van der Waals surface area (Å²) >= 11 is 3.30. The van der Waals surface area contributed by atoms with E-state index in [1.807, 2.05) is 6.92 Å². The van der Waals surface area contributed by atoms with Crippen molar-refractivity contribution < 1.29 is 24.9 Å². The maximum atomic E-state index is 11.4. The molecule has 1 aromatic carbocycles. The van der Waals surface area contributed by atoms with E-state index in [0.717, 1.165) is 10.0 Å². The lowest BCUT2D eigenvalue weighted by molar-refractivity contribution is -0.152. The van der Waals surface area contributed by atoms with Crippen molar-refractivity contribution in [3.8, 4) is 5.75 Å². The minimum absolute atomic E-state index is 0.0246. The van der Waals surface area contributed by atoms with Crippen molar-refractivity contribution >= 4 is 21.9 Å². The number of ether oxygens (including phenoxy) is 1. The molecule has 0 aliphatic carbocycles. The number of aliphatic hydroxyl groups excluding tert-OH is 2. The van der Waals surface area contributed by atoms with Gasteiger partial charge in [-0.05, 0) is 43.2 Å². The summed E-state index contributed by atoms with van der Waals surface area (Å²) in [7, 11) is 0. The van der Waals surface area contributed by atoms with E-state index < -0.39 is 18.2 Å². The first-order chi connectivity index (χ1) is 11.4. The lowest BCUT2D eigenvalue weighted by atomic mass is 10.0. The van der Waals surface area contributed by atoms with E-state index in [-0.39, 0.29) is 25.2 Å². The molecule has 0 unspecified atom stereocenters. The van der Waals surface area contributed by atoms with Crippen molar-refractivity contribution in [2.75, 3.05) is 6.61 Å². The number of benzene rings is 1. The first-order valence-corrected chi connectivity index (χ1v) is 8.62. The topological polar surface area (TPSA) is 87.0 Å². The van der Waals surface area contributed by atoms with E-state index in [1.54, 1.807) is 25.1 Å². The van der Waals surface area contributed by atoms with Crippen molar-refractivity contribution in [2.24, 2.45) is 0 Å². The summed E-state index contributed by atoms with van der Waals surface area (Å²) in [6.45, 7) is 3.80. The Morgan fingerprint density at radius 2 is 2.08 bits per heavy atom. The summed E-state index contributed by atoms with van der Waals surface area (Å²) in [5.41, 5.74) is 4.18. The van der Waals surface area contributed by atoms with Crippen LogP contribution in [0.15, 0.2) is 40.1 Å². The van der Waals surface area contributed by atoms with Crippen LogP contribution in [0, 0.1) is 0 Å². The summed E-state index contributed by atoms with van der Waals surface area (Å²) in [5, 5.41) is 29.7. The van der Waals surface area contributed by atoms with E-state index in [9.17, 15) is 20.1 Å². The molecule has 5 nitrogen and oxygen atoms in total. The number of aliphatic hydroxyl groups is 2. The number of phenols is 1. The molecular formula is C18H23BrO5. The molecule has 0 radical (unpaired) electrons. The van der Waals surface area contributed by atoms with Gasteiger partial charge in [0, 0.05) is 22.9 Å². The second-order valence-electron chi connectivity index (χ2n) is 5.23. The fraction of sp³-hybridized carbons (Fsp3) is 0.444. The molecule has 0 amide bonds. The molecule has 3 N–H and O–H groups in total. The third-order valence-corrected chi connectivity index (χ3v) is 3.91. The second-order valence-corrected chi connectivity index (χ2v) is 6.15. The molecular weight excluding hydrogens is 376 g/mol. The van der Waals surface area contributed by atoms with Crippen molar-refractivity contribution in [1.82, 2.24) is 0 Å². The molecule has 0 bridgehead atoms. The minimum Gasteiger partial charge on any atom is -0.508 e. The quantitative estimate of drug-likeness (QED) is 0.461. The standard InChI is InChI=1S/C18H23BrO5/c1-3-12(10-17(22)18(23)24-4-2)6-5-7-15(20)14-11-13(19)8-9-16(14)21/h5,8-9,11,15,17,20-22H,3-4,7,10H2,1-2H3/t6?,15-,17-/m1/s1. The lowest BCUT2D eigenvalue weighted by Crippen LogP contribution is -2.23. The molecule has 1 rings (SSSR count). The molecule has 1 aromatic rings. The Labute approximate surface area is 150 Å². The van der Waals surface area contributed by atoms with Crippen LogP contribution in [0.5, 0.6) is 5.75 Å². The van der Waals surface area contributed by atoms with Crippen molar-refractivity contribution in [3.05, 3.63) is 45.6 Å². The fourth-order valence-electron chi connectivity index (χ4n) is 2.09. The summed E-state index contributed by atoms with van der Waals surface area (Å²) in [6, 6.07) is 4.85. The normalized spacial score (nSPS) is 12.9. The van der Waals surface area contributed by atoms with Crippen LogP contribution in [0.4, 0.5) is 0 Å². The zero-order chi connectivity index (χ0) is 18.1. The van der Waals surface area contributed by atoms with Gasteiger partial charge in [-0.15, -0.1) is 5.73 Å². The van der Waals surface area contributed by atoms with Crippen LogP contribution in [0.1, 0.15) is 44.8 Å². The predicted octanol–water partition coefficient (Wildman–Crippen LogP) is 3.38. The first-order valence-electron chi connectivity index (χ1n) is 7.83. The number of phenolic OH excluding ortho intramolecular Hbond substituents is 1. The van der Waals surface area contributed by atoms with E-state index in [2.05, 4.69) is 21.7 Å². The molecule has 0 aliphatic rings. The zero-order valence-corrected chi connectivity index (χ0v) is 15.4. The average molecular weight is 399 g/mol. The van der Waals surface area contributed by atoms with Crippen LogP contribution >= 0.6 is 15.9 Å². The summed E-state index contributed by atoms with van der Waals surface area (Å²) in [5.74, 6) is -0.624. The molecule has 0 saturated heterocycles. The molecule has 6 heteroatoms. The molecule has 0 spiro atoms. The smallest absolute Gasteiger partial charge is 0.335 e. The fourth-order valence-corrected chi connectivity index (χ4v) is 2.47. The Kier molecular flexibility index (Phi) is 8.79. The third-order valence-electron chi connectivity index (χ3n) is 3.42. The number of esters is 1. The summed E-state index contributed by atoms with van der Waals surface area (Å²) < 4.78 is 5.53. The molecule has 0 saturated carbocycles. The Balaban J connectivity index is 2.74. The molecule has 132 valence electrons. The molecule has 0 fully saturated rings. The summed E-state index contributed by atoms with van der Waals surface area (Å²) in [6.07, 6.45) is 0.572. The number of rotatable bonds is 8. The maximum absolute atomic E-state index is 11.4. The predicted molar refractivity (Wildman–Crippen MR) is 94.5 cm³/mol. The first kappa shape index (κ1) is 20.5. The number of hydrogen-bond acceptors (Lipinski definition) is 5. The Morgan fingerprint density at radius 1 is 1.38 bits per heavy atom. The van der Waals surface area contributed by atoms with E-state index in [1.165, 1.54) is 6.07 Å². The maximum Gasteiger partial charge on any atom is 0.335 e. The van der Waals surface area contributed by atoms with Crippen LogP contribution in [0.25, 0.3) is 0 Å². The van der Waals surface area contributed by atoms with E-state index in [4.69, 9.17) is 4.74 Å². The monoisotopic (exact) mass is 398 g/mol. The van der Waals surface area contributed by atoms with Gasteiger partial charge in [0.2, 0.25) is 0 Å². The SMILES string of the molecule is CCOC(=O)[C@H](O)CC(=C=CC[C@@H](O)c1cc(Br)ccc1O)CC. The second kappa shape index (κ2) is 10.3. The van der Waals surface area contributed by atoms with E-state index >= 15 is 0 Å². The Bertz CT molecular complexity index is 620. The highest BCUT2D eigenvalue weighted by Crippen LogP contribution is 2.29. The van der Waals surface area contributed by atoms with Gasteiger partial charge in [0.1, 0.15) is 5.75 Å². The zero-order valence-electron chi connectivity index (χ0n) is 13.8. The minimum atomic E-state index is -1.21. The molecule has 0 heterocycles. The Hall–Kier alpha value is -1.59. The van der Waals surface area contributed by atoms with Crippen LogP contribution in [-0.4, -0.2) is 34.0 Å². The number of carbonyl (C=O) groups excluding carboxylic acids is 1. The van der Waals surface area contributed by atoms with Gasteiger partial charge in [-0.25, -0.2) is 4.79 Å². The summed E-state index contributed by atoms with van der Waals surface area (Å²) in [4.78, 5) is 11.4. The van der Waals surface area contributed by atoms with Gasteiger partial charge in [0.15, 0.2) is 6.10 Å². The Morgan fingerprint density at radius 3 is 2.71 bits per heavy atom. The highest BCUT2D eigenvalue weighted by Gasteiger charge is 2.17. The number of carbonyl (C=O) groups is 1. The molecule has 0 aliphatic heterocycles. The van der Waals surface area contributed by atoms with Crippen molar-refractivity contribution in [1.29, 1.82) is 0 Å². The van der Waals surface area contributed by atoms with Crippen molar-refractivity contribution in [3.63, 3.8) is 0 Å². The van der Waals surface area contributed by atoms with Crippen LogP contribution in [-0.2, 0) is 9.53 Å². The van der Waals surface area contributed by atoms with Gasteiger partial charge in [0.25, 0.3) is 0 Å². The molecule has 2 atom stereocenters.